The Balaban J connectivity index is 2.12. The summed E-state index contributed by atoms with van der Waals surface area (Å²) in [4.78, 5) is 0. The van der Waals surface area contributed by atoms with Gasteiger partial charge in [0.15, 0.2) is 0 Å². The Morgan fingerprint density at radius 3 is 1.68 bits per heavy atom. The van der Waals surface area contributed by atoms with Crippen LogP contribution in [0.1, 0.15) is 22.7 Å². The molecule has 0 atom stereocenters. The van der Waals surface area contributed by atoms with Crippen LogP contribution in [0.3, 0.4) is 0 Å². The van der Waals surface area contributed by atoms with Gasteiger partial charge in [-0.15, -0.1) is 0 Å². The number of rotatable bonds is 3. The number of hydrogen-bond donors (Lipinski definition) is 0. The minimum Gasteiger partial charge on any atom is -0.159 e. The molecule has 0 aliphatic rings. The van der Waals surface area contributed by atoms with E-state index in [9.17, 15) is 0 Å². The van der Waals surface area contributed by atoms with Crippen molar-refractivity contribution in [3.63, 3.8) is 0 Å². The molecule has 1 aromatic heterocycles. The topological polar surface area (TPSA) is 25.8 Å². The first kappa shape index (κ1) is 11.6. The summed E-state index contributed by atoms with van der Waals surface area (Å²) in [6, 6.07) is 24.8. The maximum Gasteiger partial charge on any atom is 0.0749 e. The van der Waals surface area contributed by atoms with Crippen molar-refractivity contribution in [2.75, 3.05) is 0 Å². The van der Waals surface area contributed by atoms with Gasteiger partial charge in [0.2, 0.25) is 0 Å². The van der Waals surface area contributed by atoms with Crippen LogP contribution in [-0.4, -0.2) is 10.2 Å². The second kappa shape index (κ2) is 5.44. The quantitative estimate of drug-likeness (QED) is 0.705. The molecule has 0 saturated heterocycles. The molecule has 3 rings (SSSR count). The third-order valence-corrected chi connectivity index (χ3v) is 3.15. The SMILES string of the molecule is c1ccc(C(c2ccccc2)c2cccnn2)cc1. The van der Waals surface area contributed by atoms with Crippen molar-refractivity contribution in [2.45, 2.75) is 5.92 Å². The maximum absolute atomic E-state index is 4.28. The molecule has 1 heterocycles. The summed E-state index contributed by atoms with van der Waals surface area (Å²) < 4.78 is 0. The number of hydrogen-bond acceptors (Lipinski definition) is 2. The fourth-order valence-electron chi connectivity index (χ4n) is 2.29. The Labute approximate surface area is 112 Å². The monoisotopic (exact) mass is 246 g/mol. The zero-order valence-corrected chi connectivity index (χ0v) is 10.5. The summed E-state index contributed by atoms with van der Waals surface area (Å²) in [5.41, 5.74) is 3.43. The van der Waals surface area contributed by atoms with E-state index in [1.807, 2.05) is 24.3 Å². The van der Waals surface area contributed by atoms with Gasteiger partial charge in [-0.1, -0.05) is 60.7 Å². The second-order valence-electron chi connectivity index (χ2n) is 4.40. The molecular formula is C17H14N2. The van der Waals surface area contributed by atoms with Crippen molar-refractivity contribution in [3.8, 4) is 0 Å². The van der Waals surface area contributed by atoms with E-state index >= 15 is 0 Å². The van der Waals surface area contributed by atoms with E-state index in [1.54, 1.807) is 6.20 Å². The number of nitrogens with zero attached hydrogens (tertiary/aromatic N) is 2. The lowest BCUT2D eigenvalue weighted by molar-refractivity contribution is 0.856. The van der Waals surface area contributed by atoms with Crippen LogP contribution in [0.4, 0.5) is 0 Å². The second-order valence-corrected chi connectivity index (χ2v) is 4.40. The molecule has 0 aliphatic heterocycles. The maximum atomic E-state index is 4.28. The van der Waals surface area contributed by atoms with Crippen LogP contribution in [0.15, 0.2) is 79.0 Å². The van der Waals surface area contributed by atoms with Gasteiger partial charge in [0, 0.05) is 6.20 Å². The smallest absolute Gasteiger partial charge is 0.0749 e. The molecule has 0 amide bonds. The normalized spacial score (nSPS) is 10.6. The first-order valence-electron chi connectivity index (χ1n) is 6.32. The van der Waals surface area contributed by atoms with Crippen LogP contribution in [0.5, 0.6) is 0 Å². The van der Waals surface area contributed by atoms with Crippen LogP contribution >= 0.6 is 0 Å². The summed E-state index contributed by atoms with van der Waals surface area (Å²) in [7, 11) is 0. The molecule has 3 aromatic rings. The predicted octanol–water partition coefficient (Wildman–Crippen LogP) is 3.66. The molecule has 0 aliphatic carbocycles. The number of benzene rings is 2. The number of aromatic nitrogens is 2. The molecule has 0 saturated carbocycles. The van der Waals surface area contributed by atoms with E-state index in [4.69, 9.17) is 0 Å². The molecule has 19 heavy (non-hydrogen) atoms. The molecular weight excluding hydrogens is 232 g/mol. The molecule has 0 N–H and O–H groups in total. The summed E-state index contributed by atoms with van der Waals surface area (Å²) in [6.07, 6.45) is 1.70. The Kier molecular flexibility index (Phi) is 3.32. The van der Waals surface area contributed by atoms with E-state index in [-0.39, 0.29) is 5.92 Å². The van der Waals surface area contributed by atoms with E-state index in [0.29, 0.717) is 0 Å². The summed E-state index contributed by atoms with van der Waals surface area (Å²) in [6.45, 7) is 0. The lowest BCUT2D eigenvalue weighted by Gasteiger charge is -2.16. The molecule has 92 valence electrons. The minimum absolute atomic E-state index is 0.135. The molecule has 0 fully saturated rings. The molecule has 0 bridgehead atoms. The third kappa shape index (κ3) is 2.52. The van der Waals surface area contributed by atoms with Crippen molar-refractivity contribution in [2.24, 2.45) is 0 Å². The van der Waals surface area contributed by atoms with Gasteiger partial charge in [-0.25, -0.2) is 0 Å². The zero-order valence-electron chi connectivity index (χ0n) is 10.5. The third-order valence-electron chi connectivity index (χ3n) is 3.15. The van der Waals surface area contributed by atoms with Gasteiger partial charge >= 0.3 is 0 Å². The highest BCUT2D eigenvalue weighted by Crippen LogP contribution is 2.29. The molecule has 2 heteroatoms. The Morgan fingerprint density at radius 1 is 0.632 bits per heavy atom. The Morgan fingerprint density at radius 2 is 1.21 bits per heavy atom. The highest BCUT2D eigenvalue weighted by atomic mass is 15.1. The molecule has 2 nitrogen and oxygen atoms in total. The summed E-state index contributed by atoms with van der Waals surface area (Å²) in [5, 5.41) is 8.29. The standard InChI is InChI=1S/C17H14N2/c1-3-8-14(9-4-1)17(15-10-5-2-6-11-15)16-12-7-13-18-19-16/h1-13,17H. The van der Waals surface area contributed by atoms with Gasteiger partial charge in [0.05, 0.1) is 11.6 Å². The van der Waals surface area contributed by atoms with Crippen LogP contribution in [-0.2, 0) is 0 Å². The summed E-state index contributed by atoms with van der Waals surface area (Å²) in [5.74, 6) is 0.135. The Hall–Kier alpha value is -2.48. The first-order chi connectivity index (χ1) is 9.45. The fourth-order valence-corrected chi connectivity index (χ4v) is 2.29. The van der Waals surface area contributed by atoms with Crippen LogP contribution in [0.25, 0.3) is 0 Å². The highest BCUT2D eigenvalue weighted by molar-refractivity contribution is 5.39. The van der Waals surface area contributed by atoms with Crippen molar-refractivity contribution < 1.29 is 0 Å². The average Bonchev–Trinajstić information content (AvgIpc) is 2.51. The Bertz CT molecular complexity index is 527. The van der Waals surface area contributed by atoms with Crippen molar-refractivity contribution in [3.05, 3.63) is 95.8 Å². The minimum atomic E-state index is 0.135. The van der Waals surface area contributed by atoms with Crippen molar-refractivity contribution >= 4 is 0 Å². The van der Waals surface area contributed by atoms with E-state index in [0.717, 1.165) is 5.69 Å². The lowest BCUT2D eigenvalue weighted by atomic mass is 9.88. The van der Waals surface area contributed by atoms with Crippen LogP contribution < -0.4 is 0 Å². The highest BCUT2D eigenvalue weighted by Gasteiger charge is 2.17. The van der Waals surface area contributed by atoms with E-state index in [2.05, 4.69) is 58.7 Å². The van der Waals surface area contributed by atoms with Gasteiger partial charge in [0.1, 0.15) is 0 Å². The van der Waals surface area contributed by atoms with Crippen molar-refractivity contribution in [1.82, 2.24) is 10.2 Å². The molecule has 2 aromatic carbocycles. The van der Waals surface area contributed by atoms with Crippen molar-refractivity contribution in [1.29, 1.82) is 0 Å². The van der Waals surface area contributed by atoms with Gasteiger partial charge in [-0.3, -0.25) is 0 Å². The van der Waals surface area contributed by atoms with E-state index < -0.39 is 0 Å². The predicted molar refractivity (Wildman–Crippen MR) is 75.9 cm³/mol. The molecule has 0 unspecified atom stereocenters. The molecule has 0 radical (unpaired) electrons. The fraction of sp³-hybridized carbons (Fsp3) is 0.0588. The average molecular weight is 246 g/mol. The van der Waals surface area contributed by atoms with Crippen LogP contribution in [0, 0.1) is 0 Å². The largest absolute Gasteiger partial charge is 0.159 e. The van der Waals surface area contributed by atoms with Gasteiger partial charge in [-0.2, -0.15) is 10.2 Å². The zero-order chi connectivity index (χ0) is 12.9. The van der Waals surface area contributed by atoms with Gasteiger partial charge in [0.25, 0.3) is 0 Å². The van der Waals surface area contributed by atoms with Gasteiger partial charge < -0.3 is 0 Å². The van der Waals surface area contributed by atoms with Crippen LogP contribution in [0.2, 0.25) is 0 Å². The molecule has 0 spiro atoms. The summed E-state index contributed by atoms with van der Waals surface area (Å²) >= 11 is 0. The van der Waals surface area contributed by atoms with E-state index in [1.165, 1.54) is 11.1 Å². The first-order valence-corrected chi connectivity index (χ1v) is 6.32. The lowest BCUT2D eigenvalue weighted by Crippen LogP contribution is -2.05. The van der Waals surface area contributed by atoms with Gasteiger partial charge in [-0.05, 0) is 23.3 Å².